The largest absolute Gasteiger partial charge is 0.388 e. The number of Topliss-reactive ketones (excluding diaryl/α,β-unsaturated/α-hetero) is 1. The van der Waals surface area contributed by atoms with Crippen LogP contribution in [0.1, 0.15) is 54.6 Å². The standard InChI is InChI=1S/C26H31N3O4/c1-18(2)4-3-5-25(32)28-22-14-10-20(11-15-22)7-6-19-8-12-21(13-9-19)26(33)29-23(16-27)24(31)17-30/h8-15,18,23,30H,3-5,16-17,27H2,1-2H3,(H,28,32)(H,29,33)/t23-/m0/s1. The van der Waals surface area contributed by atoms with Crippen molar-refractivity contribution >= 4 is 23.3 Å². The Kier molecular flexibility index (Phi) is 10.3. The fraction of sp³-hybridized carbons (Fsp3) is 0.346. The van der Waals surface area contributed by atoms with E-state index in [0.717, 1.165) is 29.7 Å². The van der Waals surface area contributed by atoms with Crippen LogP contribution in [-0.4, -0.2) is 41.9 Å². The number of carbonyl (C=O) groups is 3. The lowest BCUT2D eigenvalue weighted by atomic mass is 10.1. The quantitative estimate of drug-likeness (QED) is 0.415. The molecule has 0 aromatic heterocycles. The highest BCUT2D eigenvalue weighted by Gasteiger charge is 2.18. The van der Waals surface area contributed by atoms with Crippen LogP contribution in [0, 0.1) is 17.8 Å². The van der Waals surface area contributed by atoms with E-state index in [4.69, 9.17) is 10.8 Å². The van der Waals surface area contributed by atoms with Crippen molar-refractivity contribution in [3.8, 4) is 11.8 Å². The number of carbonyl (C=O) groups excluding carboxylic acids is 3. The summed E-state index contributed by atoms with van der Waals surface area (Å²) in [5, 5.41) is 14.3. The Morgan fingerprint density at radius 2 is 1.55 bits per heavy atom. The average molecular weight is 450 g/mol. The fourth-order valence-electron chi connectivity index (χ4n) is 3.00. The smallest absolute Gasteiger partial charge is 0.251 e. The lowest BCUT2D eigenvalue weighted by Gasteiger charge is -2.14. The van der Waals surface area contributed by atoms with Crippen LogP contribution in [0.2, 0.25) is 0 Å². The summed E-state index contributed by atoms with van der Waals surface area (Å²) in [6, 6.07) is 13.0. The number of hydrogen-bond donors (Lipinski definition) is 4. The average Bonchev–Trinajstić information content (AvgIpc) is 2.81. The Labute approximate surface area is 194 Å². The zero-order valence-corrected chi connectivity index (χ0v) is 19.1. The molecule has 0 aliphatic rings. The van der Waals surface area contributed by atoms with Crippen molar-refractivity contribution < 1.29 is 19.5 Å². The van der Waals surface area contributed by atoms with Crippen molar-refractivity contribution in [3.05, 3.63) is 65.2 Å². The van der Waals surface area contributed by atoms with Gasteiger partial charge in [0.15, 0.2) is 5.78 Å². The molecule has 33 heavy (non-hydrogen) atoms. The number of nitrogens with one attached hydrogen (secondary N) is 2. The van der Waals surface area contributed by atoms with Gasteiger partial charge < -0.3 is 21.5 Å². The number of amides is 2. The van der Waals surface area contributed by atoms with Gasteiger partial charge in [0.25, 0.3) is 5.91 Å². The van der Waals surface area contributed by atoms with Gasteiger partial charge in [0.05, 0.1) is 0 Å². The second kappa shape index (κ2) is 13.2. The first-order chi connectivity index (χ1) is 15.8. The zero-order valence-electron chi connectivity index (χ0n) is 19.1. The molecule has 174 valence electrons. The van der Waals surface area contributed by atoms with E-state index in [1.54, 1.807) is 24.3 Å². The molecular formula is C26H31N3O4. The molecule has 2 aromatic carbocycles. The molecule has 2 aromatic rings. The van der Waals surface area contributed by atoms with Crippen LogP contribution in [0.5, 0.6) is 0 Å². The zero-order chi connectivity index (χ0) is 24.2. The number of hydrogen-bond acceptors (Lipinski definition) is 5. The molecule has 7 nitrogen and oxygen atoms in total. The van der Waals surface area contributed by atoms with E-state index in [2.05, 4.69) is 36.3 Å². The van der Waals surface area contributed by atoms with Gasteiger partial charge in [0.1, 0.15) is 12.6 Å². The van der Waals surface area contributed by atoms with E-state index in [0.29, 0.717) is 17.9 Å². The third kappa shape index (κ3) is 8.89. The topological polar surface area (TPSA) is 122 Å². The number of ketones is 1. The van der Waals surface area contributed by atoms with Crippen LogP contribution in [-0.2, 0) is 9.59 Å². The number of rotatable bonds is 10. The SMILES string of the molecule is CC(C)CCCC(=O)Nc1ccc(C#Cc2ccc(C(=O)N[C@@H](CN)C(=O)CO)cc2)cc1. The molecule has 0 saturated heterocycles. The minimum Gasteiger partial charge on any atom is -0.388 e. The number of aliphatic hydroxyl groups is 1. The predicted octanol–water partition coefficient (Wildman–Crippen LogP) is 2.47. The number of benzene rings is 2. The summed E-state index contributed by atoms with van der Waals surface area (Å²) in [6.45, 7) is 3.52. The molecule has 0 saturated carbocycles. The molecule has 0 spiro atoms. The third-order valence-corrected chi connectivity index (χ3v) is 4.94. The van der Waals surface area contributed by atoms with Gasteiger partial charge in [-0.25, -0.2) is 0 Å². The van der Waals surface area contributed by atoms with Gasteiger partial charge in [-0.2, -0.15) is 0 Å². The van der Waals surface area contributed by atoms with Gasteiger partial charge in [0, 0.05) is 35.3 Å². The molecule has 7 heteroatoms. The molecule has 0 unspecified atom stereocenters. The molecule has 2 rings (SSSR count). The first-order valence-electron chi connectivity index (χ1n) is 11.0. The minimum absolute atomic E-state index is 0.0112. The Balaban J connectivity index is 1.92. The van der Waals surface area contributed by atoms with E-state index in [1.165, 1.54) is 0 Å². The molecule has 1 atom stereocenters. The summed E-state index contributed by atoms with van der Waals surface area (Å²) in [4.78, 5) is 35.8. The van der Waals surface area contributed by atoms with Crippen molar-refractivity contribution in [1.82, 2.24) is 5.32 Å². The maximum absolute atomic E-state index is 12.3. The number of aliphatic hydroxyl groups excluding tert-OH is 1. The van der Waals surface area contributed by atoms with Crippen molar-refractivity contribution in [3.63, 3.8) is 0 Å². The molecular weight excluding hydrogens is 418 g/mol. The van der Waals surface area contributed by atoms with E-state index in [-0.39, 0.29) is 12.5 Å². The maximum Gasteiger partial charge on any atom is 0.251 e. The van der Waals surface area contributed by atoms with Crippen LogP contribution in [0.3, 0.4) is 0 Å². The lowest BCUT2D eigenvalue weighted by Crippen LogP contribution is -2.46. The van der Waals surface area contributed by atoms with Crippen molar-refractivity contribution in [2.75, 3.05) is 18.5 Å². The van der Waals surface area contributed by atoms with Gasteiger partial charge in [0.2, 0.25) is 5.91 Å². The lowest BCUT2D eigenvalue weighted by molar-refractivity contribution is -0.123. The number of anilines is 1. The van der Waals surface area contributed by atoms with E-state index in [9.17, 15) is 14.4 Å². The monoisotopic (exact) mass is 449 g/mol. The summed E-state index contributed by atoms with van der Waals surface area (Å²) in [7, 11) is 0. The predicted molar refractivity (Wildman–Crippen MR) is 129 cm³/mol. The third-order valence-electron chi connectivity index (χ3n) is 4.94. The summed E-state index contributed by atoms with van der Waals surface area (Å²) in [5.41, 5.74) is 8.08. The second-order valence-electron chi connectivity index (χ2n) is 8.13. The molecule has 2 amide bonds. The van der Waals surface area contributed by atoms with Gasteiger partial charge >= 0.3 is 0 Å². The van der Waals surface area contributed by atoms with Gasteiger partial charge in [-0.3, -0.25) is 14.4 Å². The molecule has 0 aliphatic heterocycles. The maximum atomic E-state index is 12.3. The molecule has 0 aliphatic carbocycles. The Hall–Kier alpha value is -3.47. The molecule has 0 fully saturated rings. The molecule has 0 radical (unpaired) electrons. The van der Waals surface area contributed by atoms with Gasteiger partial charge in [-0.15, -0.1) is 0 Å². The van der Waals surface area contributed by atoms with E-state index >= 15 is 0 Å². The first kappa shape index (κ1) is 25.8. The highest BCUT2D eigenvalue weighted by atomic mass is 16.3. The summed E-state index contributed by atoms with van der Waals surface area (Å²) < 4.78 is 0. The van der Waals surface area contributed by atoms with Gasteiger partial charge in [-0.1, -0.05) is 32.1 Å². The van der Waals surface area contributed by atoms with Crippen LogP contribution >= 0.6 is 0 Å². The fourth-order valence-corrected chi connectivity index (χ4v) is 3.00. The van der Waals surface area contributed by atoms with Crippen LogP contribution in [0.4, 0.5) is 5.69 Å². The van der Waals surface area contributed by atoms with E-state index in [1.807, 2.05) is 24.3 Å². The van der Waals surface area contributed by atoms with Crippen LogP contribution in [0.25, 0.3) is 0 Å². The van der Waals surface area contributed by atoms with E-state index < -0.39 is 24.3 Å². The number of nitrogens with two attached hydrogens (primary N) is 1. The molecule has 5 N–H and O–H groups in total. The minimum atomic E-state index is -0.922. The van der Waals surface area contributed by atoms with Crippen LogP contribution < -0.4 is 16.4 Å². The first-order valence-corrected chi connectivity index (χ1v) is 11.0. The summed E-state index contributed by atoms with van der Waals surface area (Å²) >= 11 is 0. The van der Waals surface area contributed by atoms with Crippen molar-refractivity contribution in [2.45, 2.75) is 39.2 Å². The Morgan fingerprint density at radius 1 is 0.970 bits per heavy atom. The Bertz CT molecular complexity index is 1000. The van der Waals surface area contributed by atoms with Crippen molar-refractivity contribution in [1.29, 1.82) is 0 Å². The summed E-state index contributed by atoms with van der Waals surface area (Å²) in [5.74, 6) is 5.69. The van der Waals surface area contributed by atoms with Gasteiger partial charge in [-0.05, 0) is 60.9 Å². The second-order valence-corrected chi connectivity index (χ2v) is 8.13. The normalized spacial score (nSPS) is 11.3. The summed E-state index contributed by atoms with van der Waals surface area (Å²) in [6.07, 6.45) is 2.42. The molecule has 0 bridgehead atoms. The van der Waals surface area contributed by atoms with Crippen LogP contribution in [0.15, 0.2) is 48.5 Å². The van der Waals surface area contributed by atoms with Crippen molar-refractivity contribution in [2.24, 2.45) is 11.7 Å². The molecule has 0 heterocycles. The highest BCUT2D eigenvalue weighted by Crippen LogP contribution is 2.12. The highest BCUT2D eigenvalue weighted by molar-refractivity contribution is 5.98. The Morgan fingerprint density at radius 3 is 2.06 bits per heavy atom.